The number of ether oxygens (including phenoxy) is 2. The van der Waals surface area contributed by atoms with Gasteiger partial charge in [0, 0.05) is 20.0 Å². The first-order valence-electron chi connectivity index (χ1n) is 9.17. The van der Waals surface area contributed by atoms with Gasteiger partial charge in [0.1, 0.15) is 12.1 Å². The molecule has 0 spiro atoms. The van der Waals surface area contributed by atoms with E-state index in [2.05, 4.69) is 17.4 Å². The SMILES string of the molecule is CO[C@H]1O[C@H]2CC[C@@H](c3ccccc3)C[C@H]2[C@H](OS(C)(=O)=O)[C@H]1NC(C)=O. The minimum Gasteiger partial charge on any atom is -0.354 e. The fraction of sp³-hybridized carbons (Fsp3) is 0.632. The van der Waals surface area contributed by atoms with Crippen molar-refractivity contribution in [1.82, 2.24) is 5.32 Å². The first kappa shape index (κ1) is 20.3. The predicted molar refractivity (Wildman–Crippen MR) is 99.5 cm³/mol. The molecule has 8 heteroatoms. The second-order valence-electron chi connectivity index (χ2n) is 7.35. The van der Waals surface area contributed by atoms with Crippen molar-refractivity contribution in [2.75, 3.05) is 13.4 Å². The summed E-state index contributed by atoms with van der Waals surface area (Å²) in [7, 11) is -2.24. The van der Waals surface area contributed by atoms with Gasteiger partial charge in [-0.05, 0) is 30.7 Å². The maximum atomic E-state index is 11.9. The van der Waals surface area contributed by atoms with Crippen molar-refractivity contribution >= 4 is 16.0 Å². The van der Waals surface area contributed by atoms with Crippen LogP contribution in [0.15, 0.2) is 30.3 Å². The number of carbonyl (C=O) groups excluding carboxylic acids is 1. The Morgan fingerprint density at radius 3 is 2.52 bits per heavy atom. The minimum atomic E-state index is -3.72. The monoisotopic (exact) mass is 397 g/mol. The number of hydrogen-bond acceptors (Lipinski definition) is 6. The molecule has 0 unspecified atom stereocenters. The van der Waals surface area contributed by atoms with Crippen LogP contribution in [0.1, 0.15) is 37.7 Å². The standard InChI is InChI=1S/C19H27NO6S/c1-12(21)20-17-18(26-27(3,22)23)15-11-14(13-7-5-4-6-8-13)9-10-16(15)25-19(17)24-2/h4-8,14-19H,9-11H2,1-3H3,(H,20,21)/t14-,15-,16+,17-,18+,19+/m1/s1. The van der Waals surface area contributed by atoms with Crippen LogP contribution in [-0.4, -0.2) is 52.2 Å². The Bertz CT molecular complexity index is 753. The molecule has 1 aromatic rings. The van der Waals surface area contributed by atoms with Gasteiger partial charge < -0.3 is 14.8 Å². The van der Waals surface area contributed by atoms with Crippen LogP contribution in [-0.2, 0) is 28.6 Å². The Kier molecular flexibility index (Phi) is 6.20. The second kappa shape index (κ2) is 8.26. The lowest BCUT2D eigenvalue weighted by molar-refractivity contribution is -0.245. The Morgan fingerprint density at radius 2 is 1.93 bits per heavy atom. The lowest BCUT2D eigenvalue weighted by Gasteiger charge is -2.49. The van der Waals surface area contributed by atoms with E-state index in [4.69, 9.17) is 13.7 Å². The Hall–Kier alpha value is -1.48. The highest BCUT2D eigenvalue weighted by Gasteiger charge is 2.50. The van der Waals surface area contributed by atoms with Crippen LogP contribution in [0.25, 0.3) is 0 Å². The number of amides is 1. The molecule has 3 rings (SSSR count). The van der Waals surface area contributed by atoms with Crippen molar-refractivity contribution in [2.24, 2.45) is 5.92 Å². The summed E-state index contributed by atoms with van der Waals surface area (Å²) in [6.07, 6.45) is 1.81. The van der Waals surface area contributed by atoms with E-state index in [9.17, 15) is 13.2 Å². The molecule has 1 amide bonds. The van der Waals surface area contributed by atoms with Crippen LogP contribution in [0, 0.1) is 5.92 Å². The van der Waals surface area contributed by atoms with Crippen molar-refractivity contribution in [3.05, 3.63) is 35.9 Å². The first-order chi connectivity index (χ1) is 12.8. The van der Waals surface area contributed by atoms with Gasteiger partial charge in [-0.25, -0.2) is 0 Å². The van der Waals surface area contributed by atoms with Crippen molar-refractivity contribution in [3.63, 3.8) is 0 Å². The molecule has 1 aliphatic heterocycles. The van der Waals surface area contributed by atoms with Crippen LogP contribution in [0.4, 0.5) is 0 Å². The maximum absolute atomic E-state index is 11.9. The van der Waals surface area contributed by atoms with E-state index in [1.165, 1.54) is 19.6 Å². The van der Waals surface area contributed by atoms with E-state index in [0.29, 0.717) is 5.92 Å². The highest BCUT2D eigenvalue weighted by molar-refractivity contribution is 7.86. The maximum Gasteiger partial charge on any atom is 0.264 e. The summed E-state index contributed by atoms with van der Waals surface area (Å²) in [5.41, 5.74) is 1.22. The van der Waals surface area contributed by atoms with Crippen LogP contribution in [0.2, 0.25) is 0 Å². The fourth-order valence-electron chi connectivity index (χ4n) is 4.32. The average molecular weight is 397 g/mol. The molecule has 0 aromatic heterocycles. The van der Waals surface area contributed by atoms with Gasteiger partial charge in [-0.1, -0.05) is 30.3 Å². The van der Waals surface area contributed by atoms with Gasteiger partial charge in [0.25, 0.3) is 10.1 Å². The Balaban J connectivity index is 1.90. The zero-order valence-electron chi connectivity index (χ0n) is 15.8. The molecule has 7 nitrogen and oxygen atoms in total. The number of carbonyl (C=O) groups is 1. The topological polar surface area (TPSA) is 90.9 Å². The van der Waals surface area contributed by atoms with Crippen LogP contribution in [0.3, 0.4) is 0 Å². The normalized spacial score (nSPS) is 33.9. The molecule has 2 fully saturated rings. The summed E-state index contributed by atoms with van der Waals surface area (Å²) in [5, 5.41) is 2.76. The molecule has 1 saturated heterocycles. The van der Waals surface area contributed by atoms with E-state index in [1.54, 1.807) is 0 Å². The smallest absolute Gasteiger partial charge is 0.264 e. The average Bonchev–Trinajstić information content (AvgIpc) is 2.62. The van der Waals surface area contributed by atoms with Gasteiger partial charge in [0.15, 0.2) is 6.29 Å². The van der Waals surface area contributed by atoms with E-state index >= 15 is 0 Å². The third-order valence-corrected chi connectivity index (χ3v) is 5.94. The van der Waals surface area contributed by atoms with Crippen molar-refractivity contribution < 1.29 is 26.9 Å². The van der Waals surface area contributed by atoms with Gasteiger partial charge in [0.05, 0.1) is 12.4 Å². The molecule has 1 saturated carbocycles. The second-order valence-corrected chi connectivity index (χ2v) is 8.96. The lowest BCUT2D eigenvalue weighted by Crippen LogP contribution is -2.63. The van der Waals surface area contributed by atoms with Crippen molar-refractivity contribution in [3.8, 4) is 0 Å². The predicted octanol–water partition coefficient (Wildman–Crippen LogP) is 1.79. The van der Waals surface area contributed by atoms with Gasteiger partial charge in [-0.2, -0.15) is 8.42 Å². The molecular formula is C19H27NO6S. The van der Waals surface area contributed by atoms with Gasteiger partial charge in [-0.3, -0.25) is 8.98 Å². The fourth-order valence-corrected chi connectivity index (χ4v) is 4.98. The number of fused-ring (bicyclic) bond motifs is 1. The molecule has 150 valence electrons. The molecule has 0 radical (unpaired) electrons. The van der Waals surface area contributed by atoms with Crippen LogP contribution >= 0.6 is 0 Å². The van der Waals surface area contributed by atoms with E-state index in [-0.39, 0.29) is 17.9 Å². The highest BCUT2D eigenvalue weighted by Crippen LogP contribution is 2.44. The van der Waals surface area contributed by atoms with E-state index in [0.717, 1.165) is 25.5 Å². The van der Waals surface area contributed by atoms with E-state index in [1.807, 2.05) is 18.2 Å². The summed E-state index contributed by atoms with van der Waals surface area (Å²) in [6.45, 7) is 1.38. The number of nitrogens with one attached hydrogen (secondary N) is 1. The molecule has 2 aliphatic rings. The largest absolute Gasteiger partial charge is 0.354 e. The summed E-state index contributed by atoms with van der Waals surface area (Å²) in [4.78, 5) is 11.7. The van der Waals surface area contributed by atoms with Crippen LogP contribution < -0.4 is 5.32 Å². The van der Waals surface area contributed by atoms with Crippen molar-refractivity contribution in [1.29, 1.82) is 0 Å². The Labute approximate surface area is 160 Å². The number of methoxy groups -OCH3 is 1. The summed E-state index contributed by atoms with van der Waals surface area (Å²) in [5.74, 6) is -0.165. The molecule has 1 aliphatic carbocycles. The molecular weight excluding hydrogens is 370 g/mol. The third kappa shape index (κ3) is 4.87. The zero-order chi connectivity index (χ0) is 19.6. The van der Waals surface area contributed by atoms with Crippen LogP contribution in [0.5, 0.6) is 0 Å². The molecule has 1 aromatic carbocycles. The highest BCUT2D eigenvalue weighted by atomic mass is 32.2. The van der Waals surface area contributed by atoms with E-state index < -0.39 is 28.6 Å². The van der Waals surface area contributed by atoms with Gasteiger partial charge in [-0.15, -0.1) is 0 Å². The van der Waals surface area contributed by atoms with Gasteiger partial charge in [0.2, 0.25) is 5.91 Å². The molecule has 27 heavy (non-hydrogen) atoms. The zero-order valence-corrected chi connectivity index (χ0v) is 16.6. The molecule has 1 N–H and O–H groups in total. The summed E-state index contributed by atoms with van der Waals surface area (Å²) < 4.78 is 40.8. The molecule has 6 atom stereocenters. The Morgan fingerprint density at radius 1 is 1.22 bits per heavy atom. The quantitative estimate of drug-likeness (QED) is 0.762. The molecule has 0 bridgehead atoms. The lowest BCUT2D eigenvalue weighted by atomic mass is 9.71. The van der Waals surface area contributed by atoms with Crippen molar-refractivity contribution in [2.45, 2.75) is 56.6 Å². The number of rotatable bonds is 5. The summed E-state index contributed by atoms with van der Waals surface area (Å²) >= 11 is 0. The molecule has 1 heterocycles. The first-order valence-corrected chi connectivity index (χ1v) is 11.0. The number of benzene rings is 1. The van der Waals surface area contributed by atoms with Gasteiger partial charge >= 0.3 is 0 Å². The third-order valence-electron chi connectivity index (χ3n) is 5.37. The minimum absolute atomic E-state index is 0.165. The number of hydrogen-bond donors (Lipinski definition) is 1. The summed E-state index contributed by atoms with van der Waals surface area (Å²) in [6, 6.07) is 9.46.